The van der Waals surface area contributed by atoms with Crippen LogP contribution in [0, 0.1) is 5.92 Å². The van der Waals surface area contributed by atoms with Crippen LogP contribution in [0.25, 0.3) is 0 Å². The molecule has 0 amide bonds. The minimum atomic E-state index is 0.388. The maximum absolute atomic E-state index is 5.94. The Morgan fingerprint density at radius 1 is 1.29 bits per heavy atom. The van der Waals surface area contributed by atoms with Gasteiger partial charge in [-0.1, -0.05) is 44.2 Å². The highest BCUT2D eigenvalue weighted by Gasteiger charge is 2.24. The predicted molar refractivity (Wildman–Crippen MR) is 70.9 cm³/mol. The highest BCUT2D eigenvalue weighted by atomic mass is 16.5. The van der Waals surface area contributed by atoms with Gasteiger partial charge in [-0.15, -0.1) is 0 Å². The Kier molecular flexibility index (Phi) is 4.57. The van der Waals surface area contributed by atoms with Gasteiger partial charge >= 0.3 is 0 Å². The number of benzene rings is 1. The van der Waals surface area contributed by atoms with E-state index in [-0.39, 0.29) is 0 Å². The number of hydrogen-bond donors (Lipinski definition) is 1. The largest absolute Gasteiger partial charge is 0.372 e. The molecule has 2 nitrogen and oxygen atoms in total. The molecule has 0 aliphatic carbocycles. The summed E-state index contributed by atoms with van der Waals surface area (Å²) in [5.41, 5.74) is 1.26. The van der Waals surface area contributed by atoms with Gasteiger partial charge in [-0.3, -0.25) is 0 Å². The molecule has 1 aliphatic rings. The topological polar surface area (TPSA) is 21.3 Å². The lowest BCUT2D eigenvalue weighted by molar-refractivity contribution is 0.0522. The van der Waals surface area contributed by atoms with Crippen LogP contribution in [-0.2, 0) is 11.3 Å². The molecule has 94 valence electrons. The van der Waals surface area contributed by atoms with Gasteiger partial charge < -0.3 is 10.1 Å². The molecule has 0 radical (unpaired) electrons. The summed E-state index contributed by atoms with van der Waals surface area (Å²) in [5, 5.41) is 3.55. The Balaban J connectivity index is 1.71. The second-order valence-corrected chi connectivity index (χ2v) is 5.39. The monoisotopic (exact) mass is 233 g/mol. The van der Waals surface area contributed by atoms with Gasteiger partial charge in [0.1, 0.15) is 0 Å². The third-order valence-electron chi connectivity index (χ3n) is 3.27. The molecule has 1 fully saturated rings. The van der Waals surface area contributed by atoms with E-state index in [0.717, 1.165) is 25.5 Å². The first-order valence-corrected chi connectivity index (χ1v) is 6.63. The molecule has 0 aromatic heterocycles. The van der Waals surface area contributed by atoms with Crippen LogP contribution in [0.2, 0.25) is 0 Å². The molecular weight excluding hydrogens is 210 g/mol. The molecule has 0 spiro atoms. The van der Waals surface area contributed by atoms with Gasteiger partial charge in [-0.05, 0) is 24.3 Å². The van der Waals surface area contributed by atoms with E-state index in [1.165, 1.54) is 12.0 Å². The molecule has 2 atom stereocenters. The molecule has 2 heteroatoms. The lowest BCUT2D eigenvalue weighted by Gasteiger charge is -2.13. The molecule has 1 N–H and O–H groups in total. The Bertz CT molecular complexity index is 323. The number of ether oxygens (including phenoxy) is 1. The van der Waals surface area contributed by atoms with Gasteiger partial charge in [0.2, 0.25) is 0 Å². The SMILES string of the molecule is CC(C)CC1C[C@@H](OCc2ccccc2)CN1. The molecule has 2 rings (SSSR count). The first kappa shape index (κ1) is 12.6. The Morgan fingerprint density at radius 3 is 2.76 bits per heavy atom. The summed E-state index contributed by atoms with van der Waals surface area (Å²) in [6.07, 6.45) is 2.80. The number of rotatable bonds is 5. The fourth-order valence-electron chi connectivity index (χ4n) is 2.45. The van der Waals surface area contributed by atoms with Crippen LogP contribution in [0.1, 0.15) is 32.3 Å². The van der Waals surface area contributed by atoms with E-state index in [2.05, 4.69) is 43.4 Å². The van der Waals surface area contributed by atoms with Crippen molar-refractivity contribution in [3.8, 4) is 0 Å². The standard InChI is InChI=1S/C15H23NO/c1-12(2)8-14-9-15(10-16-14)17-11-13-6-4-3-5-7-13/h3-7,12,14-16H,8-11H2,1-2H3/t14?,15-/m1/s1. The van der Waals surface area contributed by atoms with E-state index in [9.17, 15) is 0 Å². The van der Waals surface area contributed by atoms with Gasteiger partial charge in [-0.25, -0.2) is 0 Å². The van der Waals surface area contributed by atoms with Crippen molar-refractivity contribution < 1.29 is 4.74 Å². The second kappa shape index (κ2) is 6.18. The van der Waals surface area contributed by atoms with Crippen molar-refractivity contribution in [3.05, 3.63) is 35.9 Å². The molecule has 1 aromatic carbocycles. The molecule has 1 aliphatic heterocycles. The van der Waals surface area contributed by atoms with Gasteiger partial charge in [0, 0.05) is 12.6 Å². The fourth-order valence-corrected chi connectivity index (χ4v) is 2.45. The van der Waals surface area contributed by atoms with E-state index in [1.807, 2.05) is 6.07 Å². The smallest absolute Gasteiger partial charge is 0.0721 e. The van der Waals surface area contributed by atoms with Crippen LogP contribution in [0.5, 0.6) is 0 Å². The minimum Gasteiger partial charge on any atom is -0.372 e. The summed E-state index contributed by atoms with van der Waals surface area (Å²) in [6, 6.07) is 11.1. The Morgan fingerprint density at radius 2 is 2.06 bits per heavy atom. The lowest BCUT2D eigenvalue weighted by Crippen LogP contribution is -2.23. The first-order chi connectivity index (χ1) is 8.24. The molecule has 1 heterocycles. The van der Waals surface area contributed by atoms with Crippen LogP contribution >= 0.6 is 0 Å². The summed E-state index contributed by atoms with van der Waals surface area (Å²) < 4.78 is 5.94. The van der Waals surface area contributed by atoms with Crippen LogP contribution in [0.15, 0.2) is 30.3 Å². The van der Waals surface area contributed by atoms with E-state index in [1.54, 1.807) is 0 Å². The summed E-state index contributed by atoms with van der Waals surface area (Å²) in [6.45, 7) is 6.30. The van der Waals surface area contributed by atoms with Crippen molar-refractivity contribution in [1.82, 2.24) is 5.32 Å². The predicted octanol–water partition coefficient (Wildman–Crippen LogP) is 2.98. The van der Waals surface area contributed by atoms with Crippen molar-refractivity contribution in [3.63, 3.8) is 0 Å². The summed E-state index contributed by atoms with van der Waals surface area (Å²) in [5.74, 6) is 0.764. The molecular formula is C15H23NO. The van der Waals surface area contributed by atoms with Crippen LogP contribution < -0.4 is 5.32 Å². The van der Waals surface area contributed by atoms with Crippen LogP contribution in [-0.4, -0.2) is 18.7 Å². The first-order valence-electron chi connectivity index (χ1n) is 6.63. The third kappa shape index (κ3) is 4.14. The zero-order valence-corrected chi connectivity index (χ0v) is 10.9. The minimum absolute atomic E-state index is 0.388. The summed E-state index contributed by atoms with van der Waals surface area (Å²) >= 11 is 0. The molecule has 1 aromatic rings. The third-order valence-corrected chi connectivity index (χ3v) is 3.27. The van der Waals surface area contributed by atoms with Gasteiger partial charge in [0.05, 0.1) is 12.7 Å². The highest BCUT2D eigenvalue weighted by molar-refractivity contribution is 5.13. The van der Waals surface area contributed by atoms with Crippen molar-refractivity contribution in [1.29, 1.82) is 0 Å². The fraction of sp³-hybridized carbons (Fsp3) is 0.600. The number of hydrogen-bond acceptors (Lipinski definition) is 2. The summed E-state index contributed by atoms with van der Waals surface area (Å²) in [4.78, 5) is 0. The average molecular weight is 233 g/mol. The molecule has 1 unspecified atom stereocenters. The zero-order valence-electron chi connectivity index (χ0n) is 10.9. The Labute approximate surface area is 104 Å². The second-order valence-electron chi connectivity index (χ2n) is 5.39. The van der Waals surface area contributed by atoms with E-state index in [4.69, 9.17) is 4.74 Å². The van der Waals surface area contributed by atoms with Gasteiger partial charge in [0.25, 0.3) is 0 Å². The van der Waals surface area contributed by atoms with Gasteiger partial charge in [-0.2, -0.15) is 0 Å². The molecule has 1 saturated heterocycles. The van der Waals surface area contributed by atoms with Crippen molar-refractivity contribution in [2.45, 2.75) is 45.4 Å². The van der Waals surface area contributed by atoms with Crippen LogP contribution in [0.3, 0.4) is 0 Å². The Hall–Kier alpha value is -0.860. The molecule has 17 heavy (non-hydrogen) atoms. The summed E-state index contributed by atoms with van der Waals surface area (Å²) in [7, 11) is 0. The van der Waals surface area contributed by atoms with Crippen molar-refractivity contribution >= 4 is 0 Å². The van der Waals surface area contributed by atoms with Crippen LogP contribution in [0.4, 0.5) is 0 Å². The van der Waals surface area contributed by atoms with Crippen molar-refractivity contribution in [2.24, 2.45) is 5.92 Å². The maximum atomic E-state index is 5.94. The van der Waals surface area contributed by atoms with Gasteiger partial charge in [0.15, 0.2) is 0 Å². The highest BCUT2D eigenvalue weighted by Crippen LogP contribution is 2.18. The number of nitrogens with one attached hydrogen (secondary N) is 1. The molecule has 0 saturated carbocycles. The van der Waals surface area contributed by atoms with Crippen molar-refractivity contribution in [2.75, 3.05) is 6.54 Å². The van der Waals surface area contributed by atoms with E-state index < -0.39 is 0 Å². The quantitative estimate of drug-likeness (QED) is 0.844. The maximum Gasteiger partial charge on any atom is 0.0721 e. The van der Waals surface area contributed by atoms with E-state index in [0.29, 0.717) is 12.1 Å². The normalized spacial score (nSPS) is 24.4. The zero-order chi connectivity index (χ0) is 12.1. The van der Waals surface area contributed by atoms with E-state index >= 15 is 0 Å². The molecule has 0 bridgehead atoms. The lowest BCUT2D eigenvalue weighted by atomic mass is 10.0. The average Bonchev–Trinajstić information content (AvgIpc) is 2.75.